The summed E-state index contributed by atoms with van der Waals surface area (Å²) < 4.78 is 0. The Kier molecular flexibility index (Phi) is 2.90. The van der Waals surface area contributed by atoms with E-state index in [0.29, 0.717) is 12.5 Å². The van der Waals surface area contributed by atoms with Crippen LogP contribution in [0.2, 0.25) is 0 Å². The molecule has 0 saturated carbocycles. The predicted molar refractivity (Wildman–Crippen MR) is 55.8 cm³/mol. The standard InChI is InChI=1S/C9H15N3S/c10-5-8-6-11-12-9(8)7-1-3-13-4-2-7/h6-7H,1-5,10H2,(H,11,12). The second-order valence-corrected chi connectivity index (χ2v) is 4.62. The Bertz CT molecular complexity index is 266. The fraction of sp³-hybridized carbons (Fsp3) is 0.667. The topological polar surface area (TPSA) is 54.7 Å². The number of thioether (sulfide) groups is 1. The number of H-pyrrole nitrogens is 1. The second kappa shape index (κ2) is 4.15. The summed E-state index contributed by atoms with van der Waals surface area (Å²) >= 11 is 2.04. The molecule has 1 aromatic rings. The zero-order valence-electron chi connectivity index (χ0n) is 7.62. The maximum Gasteiger partial charge on any atom is 0.0535 e. The van der Waals surface area contributed by atoms with E-state index in [9.17, 15) is 0 Å². The van der Waals surface area contributed by atoms with E-state index in [2.05, 4.69) is 10.2 Å². The van der Waals surface area contributed by atoms with Crippen LogP contribution >= 0.6 is 11.8 Å². The molecule has 72 valence electrons. The molecule has 1 fully saturated rings. The smallest absolute Gasteiger partial charge is 0.0535 e. The SMILES string of the molecule is NCc1cn[nH]c1C1CCSCC1. The molecule has 1 aliphatic heterocycles. The fourth-order valence-electron chi connectivity index (χ4n) is 1.82. The molecule has 1 aromatic heterocycles. The first-order valence-corrected chi connectivity index (χ1v) is 5.87. The zero-order chi connectivity index (χ0) is 9.10. The van der Waals surface area contributed by atoms with Gasteiger partial charge in [0.1, 0.15) is 0 Å². The van der Waals surface area contributed by atoms with Gasteiger partial charge < -0.3 is 5.73 Å². The van der Waals surface area contributed by atoms with Gasteiger partial charge in [-0.25, -0.2) is 0 Å². The average molecular weight is 197 g/mol. The van der Waals surface area contributed by atoms with Crippen molar-refractivity contribution in [2.24, 2.45) is 5.73 Å². The van der Waals surface area contributed by atoms with Crippen LogP contribution in [-0.2, 0) is 6.54 Å². The summed E-state index contributed by atoms with van der Waals surface area (Å²) in [6.45, 7) is 0.607. The van der Waals surface area contributed by atoms with Crippen LogP contribution in [0.25, 0.3) is 0 Å². The number of rotatable bonds is 2. The van der Waals surface area contributed by atoms with Crippen molar-refractivity contribution < 1.29 is 0 Å². The predicted octanol–water partition coefficient (Wildman–Crippen LogP) is 1.48. The van der Waals surface area contributed by atoms with Crippen molar-refractivity contribution in [1.29, 1.82) is 0 Å². The van der Waals surface area contributed by atoms with Crippen LogP contribution in [0, 0.1) is 0 Å². The van der Waals surface area contributed by atoms with Crippen molar-refractivity contribution in [3.8, 4) is 0 Å². The van der Waals surface area contributed by atoms with E-state index in [-0.39, 0.29) is 0 Å². The Morgan fingerprint density at radius 2 is 2.31 bits per heavy atom. The van der Waals surface area contributed by atoms with Crippen molar-refractivity contribution >= 4 is 11.8 Å². The summed E-state index contributed by atoms with van der Waals surface area (Å²) in [5, 5.41) is 7.14. The number of aromatic amines is 1. The number of hydrogen-bond acceptors (Lipinski definition) is 3. The highest BCUT2D eigenvalue weighted by atomic mass is 32.2. The first-order valence-electron chi connectivity index (χ1n) is 4.71. The maximum atomic E-state index is 5.64. The van der Waals surface area contributed by atoms with Gasteiger partial charge in [0.2, 0.25) is 0 Å². The number of nitrogens with one attached hydrogen (secondary N) is 1. The highest BCUT2D eigenvalue weighted by Gasteiger charge is 2.19. The third-order valence-electron chi connectivity index (χ3n) is 2.60. The lowest BCUT2D eigenvalue weighted by atomic mass is 9.96. The highest BCUT2D eigenvalue weighted by Crippen LogP contribution is 2.31. The third kappa shape index (κ3) is 1.89. The van der Waals surface area contributed by atoms with Gasteiger partial charge in [-0.1, -0.05) is 0 Å². The molecule has 0 spiro atoms. The fourth-order valence-corrected chi connectivity index (χ4v) is 2.93. The van der Waals surface area contributed by atoms with Gasteiger partial charge in [-0.05, 0) is 24.3 Å². The quantitative estimate of drug-likeness (QED) is 0.755. The zero-order valence-corrected chi connectivity index (χ0v) is 8.44. The number of aromatic nitrogens is 2. The van der Waals surface area contributed by atoms with Gasteiger partial charge in [-0.3, -0.25) is 5.10 Å². The second-order valence-electron chi connectivity index (χ2n) is 3.40. The Morgan fingerprint density at radius 1 is 1.54 bits per heavy atom. The van der Waals surface area contributed by atoms with Crippen molar-refractivity contribution in [3.63, 3.8) is 0 Å². The van der Waals surface area contributed by atoms with Crippen LogP contribution in [-0.4, -0.2) is 21.7 Å². The Morgan fingerprint density at radius 3 is 3.00 bits per heavy atom. The molecular weight excluding hydrogens is 182 g/mol. The first kappa shape index (κ1) is 9.09. The molecule has 13 heavy (non-hydrogen) atoms. The van der Waals surface area contributed by atoms with Gasteiger partial charge in [0.25, 0.3) is 0 Å². The summed E-state index contributed by atoms with van der Waals surface area (Å²) in [4.78, 5) is 0. The summed E-state index contributed by atoms with van der Waals surface area (Å²) in [6.07, 6.45) is 4.39. The van der Waals surface area contributed by atoms with Gasteiger partial charge in [0.05, 0.1) is 6.20 Å². The minimum Gasteiger partial charge on any atom is -0.326 e. The van der Waals surface area contributed by atoms with Crippen molar-refractivity contribution in [2.45, 2.75) is 25.3 Å². The summed E-state index contributed by atoms with van der Waals surface area (Å²) in [6, 6.07) is 0. The molecular formula is C9H15N3S. The summed E-state index contributed by atoms with van der Waals surface area (Å²) in [7, 11) is 0. The summed E-state index contributed by atoms with van der Waals surface area (Å²) in [5.74, 6) is 3.21. The minimum atomic E-state index is 0.607. The molecule has 0 unspecified atom stereocenters. The van der Waals surface area contributed by atoms with E-state index in [1.54, 1.807) is 0 Å². The van der Waals surface area contributed by atoms with Gasteiger partial charge in [0, 0.05) is 23.7 Å². The first-order chi connectivity index (χ1) is 6.42. The van der Waals surface area contributed by atoms with Gasteiger partial charge in [-0.2, -0.15) is 16.9 Å². The van der Waals surface area contributed by atoms with Crippen molar-refractivity contribution in [1.82, 2.24) is 10.2 Å². The molecule has 3 nitrogen and oxygen atoms in total. The van der Waals surface area contributed by atoms with Gasteiger partial charge >= 0.3 is 0 Å². The number of nitrogens with two attached hydrogens (primary N) is 1. The third-order valence-corrected chi connectivity index (χ3v) is 3.65. The van der Waals surface area contributed by atoms with Crippen LogP contribution in [0.5, 0.6) is 0 Å². The van der Waals surface area contributed by atoms with Crippen LogP contribution in [0.4, 0.5) is 0 Å². The monoisotopic (exact) mass is 197 g/mol. The largest absolute Gasteiger partial charge is 0.326 e. The molecule has 0 atom stereocenters. The van der Waals surface area contributed by atoms with Crippen LogP contribution in [0.15, 0.2) is 6.20 Å². The maximum absolute atomic E-state index is 5.64. The lowest BCUT2D eigenvalue weighted by Crippen LogP contribution is -2.11. The molecule has 2 heterocycles. The molecule has 0 amide bonds. The molecule has 0 bridgehead atoms. The van der Waals surface area contributed by atoms with Crippen LogP contribution < -0.4 is 5.73 Å². The van der Waals surface area contributed by atoms with E-state index in [1.807, 2.05) is 18.0 Å². The highest BCUT2D eigenvalue weighted by molar-refractivity contribution is 7.99. The molecule has 0 aromatic carbocycles. The number of nitrogens with zero attached hydrogens (tertiary/aromatic N) is 1. The lowest BCUT2D eigenvalue weighted by molar-refractivity contribution is 0.611. The van der Waals surface area contributed by atoms with Crippen molar-refractivity contribution in [2.75, 3.05) is 11.5 Å². The van der Waals surface area contributed by atoms with Gasteiger partial charge in [-0.15, -0.1) is 0 Å². The van der Waals surface area contributed by atoms with E-state index >= 15 is 0 Å². The van der Waals surface area contributed by atoms with E-state index in [4.69, 9.17) is 5.73 Å². The molecule has 3 N–H and O–H groups in total. The Balaban J connectivity index is 2.13. The molecule has 4 heteroatoms. The number of hydrogen-bond donors (Lipinski definition) is 2. The average Bonchev–Trinajstić information content (AvgIpc) is 2.67. The van der Waals surface area contributed by atoms with Crippen LogP contribution in [0.3, 0.4) is 0 Å². The lowest BCUT2D eigenvalue weighted by Gasteiger charge is -2.20. The van der Waals surface area contributed by atoms with Gasteiger partial charge in [0.15, 0.2) is 0 Å². The molecule has 0 radical (unpaired) electrons. The summed E-state index contributed by atoms with van der Waals surface area (Å²) in [5.41, 5.74) is 8.11. The molecule has 1 aliphatic rings. The Hall–Kier alpha value is -0.480. The van der Waals surface area contributed by atoms with E-state index in [1.165, 1.54) is 35.6 Å². The van der Waals surface area contributed by atoms with Crippen molar-refractivity contribution in [3.05, 3.63) is 17.5 Å². The molecule has 0 aliphatic carbocycles. The van der Waals surface area contributed by atoms with E-state index in [0.717, 1.165) is 0 Å². The van der Waals surface area contributed by atoms with Crippen LogP contribution in [0.1, 0.15) is 30.0 Å². The Labute approximate surface area is 82.5 Å². The molecule has 2 rings (SSSR count). The minimum absolute atomic E-state index is 0.607. The molecule has 1 saturated heterocycles. The normalized spacial score (nSPS) is 19.2. The van der Waals surface area contributed by atoms with E-state index < -0.39 is 0 Å².